The maximum absolute atomic E-state index is 12.1. The molecule has 1 fully saturated rings. The van der Waals surface area contributed by atoms with Gasteiger partial charge < -0.3 is 14.2 Å². The second-order valence-corrected chi connectivity index (χ2v) is 6.82. The van der Waals surface area contributed by atoms with Crippen molar-refractivity contribution in [2.45, 2.75) is 40.2 Å². The first kappa shape index (κ1) is 19.1. The second-order valence-electron chi connectivity index (χ2n) is 6.82. The highest BCUT2D eigenvalue weighted by molar-refractivity contribution is 5.84. The molecule has 27 heavy (non-hydrogen) atoms. The number of hydrogen-bond acceptors (Lipinski definition) is 6. The first-order valence-corrected chi connectivity index (χ1v) is 9.49. The third-order valence-corrected chi connectivity index (χ3v) is 4.72. The Labute approximate surface area is 159 Å². The van der Waals surface area contributed by atoms with E-state index in [0.29, 0.717) is 13.2 Å². The first-order valence-electron chi connectivity index (χ1n) is 9.49. The zero-order valence-corrected chi connectivity index (χ0v) is 16.3. The highest BCUT2D eigenvalue weighted by Crippen LogP contribution is 2.27. The molecule has 7 heteroatoms. The molecule has 1 saturated heterocycles. The number of ether oxygens (including phenoxy) is 1. The van der Waals surface area contributed by atoms with Gasteiger partial charge in [0.25, 0.3) is 0 Å². The van der Waals surface area contributed by atoms with Crippen molar-refractivity contribution in [1.29, 1.82) is 0 Å². The molecule has 144 valence electrons. The van der Waals surface area contributed by atoms with E-state index in [1.165, 1.54) is 5.57 Å². The average Bonchev–Trinajstić information content (AvgIpc) is 3.09. The van der Waals surface area contributed by atoms with Gasteiger partial charge in [0, 0.05) is 19.6 Å². The Bertz CT molecular complexity index is 855. The molecule has 0 N–H and O–H groups in total. The number of rotatable bonds is 6. The Morgan fingerprint density at radius 1 is 1.37 bits per heavy atom. The van der Waals surface area contributed by atoms with Crippen LogP contribution in [0.5, 0.6) is 0 Å². The minimum Gasteiger partial charge on any atom is -0.466 e. The summed E-state index contributed by atoms with van der Waals surface area (Å²) in [6.07, 6.45) is 11.3. The van der Waals surface area contributed by atoms with E-state index in [9.17, 15) is 4.79 Å². The molecule has 1 aliphatic rings. The van der Waals surface area contributed by atoms with E-state index in [0.717, 1.165) is 42.9 Å². The summed E-state index contributed by atoms with van der Waals surface area (Å²) in [5, 5.41) is 0. The van der Waals surface area contributed by atoms with Crippen LogP contribution >= 0.6 is 0 Å². The van der Waals surface area contributed by atoms with Gasteiger partial charge in [-0.25, -0.2) is 15.0 Å². The van der Waals surface area contributed by atoms with Gasteiger partial charge in [-0.05, 0) is 33.6 Å². The Balaban J connectivity index is 1.84. The first-order chi connectivity index (χ1) is 13.1. The number of aromatic nitrogens is 4. The number of allylic oxidation sites excluding steroid dienone is 4. The molecule has 0 aromatic carbocycles. The maximum atomic E-state index is 12.1. The van der Waals surface area contributed by atoms with Crippen molar-refractivity contribution < 1.29 is 9.53 Å². The fraction of sp³-hybridized carbons (Fsp3) is 0.500. The lowest BCUT2D eigenvalue weighted by molar-refractivity contribution is -0.148. The van der Waals surface area contributed by atoms with Gasteiger partial charge in [-0.1, -0.05) is 23.8 Å². The summed E-state index contributed by atoms with van der Waals surface area (Å²) in [5.74, 6) is 0.558. The van der Waals surface area contributed by atoms with Gasteiger partial charge in [0.15, 0.2) is 17.0 Å². The Kier molecular flexibility index (Phi) is 6.21. The van der Waals surface area contributed by atoms with Crippen molar-refractivity contribution in [2.75, 3.05) is 24.6 Å². The lowest BCUT2D eigenvalue weighted by Crippen LogP contribution is -2.40. The fourth-order valence-corrected chi connectivity index (χ4v) is 3.42. The standard InChI is InChI=1S/C20H27N5O2/c1-4-6-8-15(3)11-25-14-23-17-18(21-13-22-19(17)25)24-10-7-9-16(12-24)20(26)27-5-2/h4,6,8,13-14,16H,5,7,9-12H2,1-3H3/b6-4-,15-8-. The van der Waals surface area contributed by atoms with E-state index < -0.39 is 0 Å². The van der Waals surface area contributed by atoms with Gasteiger partial charge in [0.05, 0.1) is 18.9 Å². The minimum absolute atomic E-state index is 0.114. The van der Waals surface area contributed by atoms with Crippen molar-refractivity contribution in [3.63, 3.8) is 0 Å². The molecule has 0 spiro atoms. The fourth-order valence-electron chi connectivity index (χ4n) is 3.42. The third kappa shape index (κ3) is 4.35. The summed E-state index contributed by atoms with van der Waals surface area (Å²) in [6.45, 7) is 8.53. The number of carbonyl (C=O) groups excluding carboxylic acids is 1. The number of hydrogen-bond donors (Lipinski definition) is 0. The largest absolute Gasteiger partial charge is 0.466 e. The molecule has 1 unspecified atom stereocenters. The van der Waals surface area contributed by atoms with Crippen molar-refractivity contribution in [3.05, 3.63) is 36.5 Å². The van der Waals surface area contributed by atoms with E-state index >= 15 is 0 Å². The molecule has 0 aliphatic carbocycles. The van der Waals surface area contributed by atoms with Crippen molar-refractivity contribution in [1.82, 2.24) is 19.5 Å². The van der Waals surface area contributed by atoms with Crippen molar-refractivity contribution in [2.24, 2.45) is 5.92 Å². The monoisotopic (exact) mass is 369 g/mol. The molecule has 1 aliphatic heterocycles. The van der Waals surface area contributed by atoms with E-state index in [4.69, 9.17) is 4.74 Å². The molecule has 0 amide bonds. The molecular weight excluding hydrogens is 342 g/mol. The van der Waals surface area contributed by atoms with Crippen molar-refractivity contribution >= 4 is 23.0 Å². The molecule has 0 saturated carbocycles. The highest BCUT2D eigenvalue weighted by atomic mass is 16.5. The molecule has 0 radical (unpaired) electrons. The number of piperidine rings is 1. The number of carbonyl (C=O) groups is 1. The highest BCUT2D eigenvalue weighted by Gasteiger charge is 2.29. The number of imidazole rings is 1. The molecule has 3 rings (SSSR count). The summed E-state index contributed by atoms with van der Waals surface area (Å²) in [5.41, 5.74) is 2.81. The third-order valence-electron chi connectivity index (χ3n) is 4.72. The molecule has 2 aromatic rings. The zero-order valence-electron chi connectivity index (χ0n) is 16.3. The second kappa shape index (κ2) is 8.79. The number of esters is 1. The summed E-state index contributed by atoms with van der Waals surface area (Å²) in [4.78, 5) is 27.8. The lowest BCUT2D eigenvalue weighted by Gasteiger charge is -2.32. The van der Waals surface area contributed by atoms with Crippen LogP contribution in [0.2, 0.25) is 0 Å². The summed E-state index contributed by atoms with van der Waals surface area (Å²) >= 11 is 0. The quantitative estimate of drug-likeness (QED) is 0.575. The van der Waals surface area contributed by atoms with Gasteiger partial charge in [-0.15, -0.1) is 0 Å². The molecule has 3 heterocycles. The Morgan fingerprint density at radius 2 is 2.22 bits per heavy atom. The van der Waals surface area contributed by atoms with Crippen LogP contribution in [0.4, 0.5) is 5.82 Å². The van der Waals surface area contributed by atoms with Crippen LogP contribution < -0.4 is 4.90 Å². The van der Waals surface area contributed by atoms with Crippen LogP contribution in [0.3, 0.4) is 0 Å². The van der Waals surface area contributed by atoms with E-state index in [1.54, 1.807) is 6.33 Å². The Morgan fingerprint density at radius 3 is 3.00 bits per heavy atom. The normalized spacial score (nSPS) is 18.4. The molecular formula is C20H27N5O2. The van der Waals surface area contributed by atoms with Crippen molar-refractivity contribution in [3.8, 4) is 0 Å². The topological polar surface area (TPSA) is 73.1 Å². The number of fused-ring (bicyclic) bond motifs is 1. The number of nitrogens with zero attached hydrogens (tertiary/aromatic N) is 5. The van der Waals surface area contributed by atoms with E-state index in [-0.39, 0.29) is 11.9 Å². The summed E-state index contributed by atoms with van der Waals surface area (Å²) in [7, 11) is 0. The Hall–Kier alpha value is -2.70. The van der Waals surface area contributed by atoms with Crippen LogP contribution in [-0.2, 0) is 16.1 Å². The SMILES string of the molecule is C/C=C\C=C(\C)Cn1cnc2c(N3CCCC(C(=O)OCC)C3)ncnc21. The van der Waals surface area contributed by atoms with Crippen LogP contribution in [0.1, 0.15) is 33.6 Å². The number of anilines is 1. The van der Waals surface area contributed by atoms with Crippen LogP contribution in [0, 0.1) is 5.92 Å². The summed E-state index contributed by atoms with van der Waals surface area (Å²) < 4.78 is 7.23. The van der Waals surface area contributed by atoms with E-state index in [1.807, 2.05) is 36.9 Å². The van der Waals surface area contributed by atoms with Crippen LogP contribution in [-0.4, -0.2) is 45.2 Å². The smallest absolute Gasteiger partial charge is 0.310 e. The van der Waals surface area contributed by atoms with Gasteiger partial charge in [-0.3, -0.25) is 4.79 Å². The molecule has 7 nitrogen and oxygen atoms in total. The predicted octanol–water partition coefficient (Wildman–Crippen LogP) is 3.13. The van der Waals surface area contributed by atoms with Gasteiger partial charge in [-0.2, -0.15) is 0 Å². The summed E-state index contributed by atoms with van der Waals surface area (Å²) in [6, 6.07) is 0. The maximum Gasteiger partial charge on any atom is 0.310 e. The van der Waals surface area contributed by atoms with Crippen LogP contribution in [0.25, 0.3) is 11.2 Å². The van der Waals surface area contributed by atoms with Crippen LogP contribution in [0.15, 0.2) is 36.5 Å². The lowest BCUT2D eigenvalue weighted by atomic mass is 9.98. The minimum atomic E-state index is -0.122. The molecule has 1 atom stereocenters. The van der Waals surface area contributed by atoms with Gasteiger partial charge in [0.2, 0.25) is 0 Å². The van der Waals surface area contributed by atoms with Gasteiger partial charge >= 0.3 is 5.97 Å². The predicted molar refractivity (Wildman–Crippen MR) is 105 cm³/mol. The van der Waals surface area contributed by atoms with E-state index in [2.05, 4.69) is 32.9 Å². The zero-order chi connectivity index (χ0) is 19.2. The average molecular weight is 369 g/mol. The molecule has 0 bridgehead atoms. The molecule has 2 aromatic heterocycles. The van der Waals surface area contributed by atoms with Gasteiger partial charge in [0.1, 0.15) is 6.33 Å².